The second-order valence-corrected chi connectivity index (χ2v) is 5.18. The summed E-state index contributed by atoms with van der Waals surface area (Å²) in [6.45, 7) is 10.5. The van der Waals surface area contributed by atoms with Crippen molar-refractivity contribution in [2.75, 3.05) is 0 Å². The molecule has 1 heterocycles. The molecular weight excluding hydrogens is 226 g/mol. The van der Waals surface area contributed by atoms with Crippen LogP contribution >= 0.6 is 11.3 Å². The summed E-state index contributed by atoms with van der Waals surface area (Å²) in [6, 6.07) is 10.4. The lowest BCUT2D eigenvalue weighted by Crippen LogP contribution is -1.89. The van der Waals surface area contributed by atoms with E-state index < -0.39 is 0 Å². The minimum Gasteiger partial charge on any atom is -0.241 e. The van der Waals surface area contributed by atoms with Gasteiger partial charge in [0, 0.05) is 10.4 Å². The van der Waals surface area contributed by atoms with Crippen LogP contribution in [0.2, 0.25) is 0 Å². The van der Waals surface area contributed by atoms with Crippen molar-refractivity contribution in [3.8, 4) is 10.6 Å². The number of aryl methyl sites for hydroxylation is 1. The smallest absolute Gasteiger partial charge is 0.123 e. The highest BCUT2D eigenvalue weighted by Crippen LogP contribution is 2.30. The van der Waals surface area contributed by atoms with Gasteiger partial charge in [-0.15, -0.1) is 11.3 Å². The first kappa shape index (κ1) is 13.9. The molecule has 2 aromatic rings. The van der Waals surface area contributed by atoms with Crippen LogP contribution in [-0.4, -0.2) is 4.98 Å². The summed E-state index contributed by atoms with van der Waals surface area (Å²) in [5, 5.41) is 1.14. The van der Waals surface area contributed by atoms with Gasteiger partial charge in [0.1, 0.15) is 5.01 Å². The van der Waals surface area contributed by atoms with E-state index in [1.807, 2.05) is 19.9 Å². The van der Waals surface area contributed by atoms with E-state index in [0.717, 1.165) is 5.01 Å². The average molecular weight is 247 g/mol. The number of benzene rings is 1. The van der Waals surface area contributed by atoms with E-state index in [-0.39, 0.29) is 0 Å². The number of nitrogens with zero attached hydrogens (tertiary/aromatic N) is 1. The quantitative estimate of drug-likeness (QED) is 0.704. The number of aromatic nitrogens is 1. The third kappa shape index (κ3) is 3.40. The molecule has 0 saturated carbocycles. The maximum Gasteiger partial charge on any atom is 0.123 e. The Kier molecular flexibility index (Phi) is 5.36. The Morgan fingerprint density at radius 3 is 2.12 bits per heavy atom. The minimum atomic E-state index is 0.513. The summed E-state index contributed by atoms with van der Waals surface area (Å²) >= 11 is 1.78. The fourth-order valence-corrected chi connectivity index (χ4v) is 2.72. The van der Waals surface area contributed by atoms with E-state index in [1.54, 1.807) is 11.3 Å². The molecule has 0 N–H and O–H groups in total. The summed E-state index contributed by atoms with van der Waals surface area (Å²) in [4.78, 5) is 6.03. The molecule has 0 aliphatic heterocycles. The van der Waals surface area contributed by atoms with Crippen LogP contribution in [0.1, 0.15) is 44.2 Å². The fraction of sp³-hybridized carbons (Fsp3) is 0.400. The first-order valence-corrected chi connectivity index (χ1v) is 7.03. The van der Waals surface area contributed by atoms with Crippen molar-refractivity contribution in [2.24, 2.45) is 0 Å². The van der Waals surface area contributed by atoms with Crippen molar-refractivity contribution in [1.82, 2.24) is 4.98 Å². The Hall–Kier alpha value is -1.15. The van der Waals surface area contributed by atoms with Gasteiger partial charge < -0.3 is 0 Å². The molecule has 0 saturated heterocycles. The van der Waals surface area contributed by atoms with E-state index in [9.17, 15) is 0 Å². The summed E-state index contributed by atoms with van der Waals surface area (Å²) in [6.07, 6.45) is 0. The highest BCUT2D eigenvalue weighted by Gasteiger charge is 2.11. The van der Waals surface area contributed by atoms with Gasteiger partial charge in [-0.3, -0.25) is 0 Å². The predicted octanol–water partition coefficient (Wildman–Crippen LogP) is 5.27. The lowest BCUT2D eigenvalue weighted by Gasteiger charge is -1.99. The van der Waals surface area contributed by atoms with E-state index in [0.29, 0.717) is 5.92 Å². The van der Waals surface area contributed by atoms with Gasteiger partial charge in [-0.25, -0.2) is 4.98 Å². The molecule has 0 aliphatic rings. The topological polar surface area (TPSA) is 12.9 Å². The molecule has 0 radical (unpaired) electrons. The molecule has 92 valence electrons. The number of hydrogen-bond acceptors (Lipinski definition) is 2. The van der Waals surface area contributed by atoms with E-state index in [4.69, 9.17) is 4.98 Å². The molecular formula is C15H21NS. The van der Waals surface area contributed by atoms with Crippen LogP contribution < -0.4 is 0 Å². The van der Waals surface area contributed by atoms with Crippen LogP contribution in [0.25, 0.3) is 10.6 Å². The first-order chi connectivity index (χ1) is 8.18. The van der Waals surface area contributed by atoms with Gasteiger partial charge in [0.2, 0.25) is 0 Å². The van der Waals surface area contributed by atoms with Gasteiger partial charge in [-0.05, 0) is 12.8 Å². The zero-order valence-corrected chi connectivity index (χ0v) is 12.1. The number of rotatable bonds is 2. The summed E-state index contributed by atoms with van der Waals surface area (Å²) in [5.74, 6) is 0.513. The van der Waals surface area contributed by atoms with Crippen molar-refractivity contribution >= 4 is 11.3 Å². The molecule has 0 atom stereocenters. The van der Waals surface area contributed by atoms with Crippen LogP contribution in [0.5, 0.6) is 0 Å². The van der Waals surface area contributed by atoms with Crippen molar-refractivity contribution < 1.29 is 0 Å². The molecule has 0 unspecified atom stereocenters. The van der Waals surface area contributed by atoms with Crippen LogP contribution in [0.4, 0.5) is 0 Å². The molecule has 2 rings (SSSR count). The normalized spacial score (nSPS) is 10.0. The molecule has 2 heteroatoms. The largest absolute Gasteiger partial charge is 0.241 e. The molecule has 17 heavy (non-hydrogen) atoms. The maximum absolute atomic E-state index is 4.70. The lowest BCUT2D eigenvalue weighted by atomic mass is 10.1. The molecule has 0 bridgehead atoms. The number of hydrogen-bond donors (Lipinski definition) is 0. The molecule has 1 aromatic heterocycles. The van der Waals surface area contributed by atoms with Crippen LogP contribution in [0.15, 0.2) is 30.3 Å². The SMILES string of the molecule is CC.Cc1sc(-c2ccccc2)nc1C(C)C. The Balaban J connectivity index is 0.000000686. The standard InChI is InChI=1S/C13H15NS.C2H6/c1-9(2)12-10(3)15-13(14-12)11-7-5-4-6-8-11;1-2/h4-9H,1-3H3;1-2H3. The van der Waals surface area contributed by atoms with E-state index in [1.165, 1.54) is 16.1 Å². The molecule has 0 amide bonds. The van der Waals surface area contributed by atoms with Crippen molar-refractivity contribution in [3.63, 3.8) is 0 Å². The van der Waals surface area contributed by atoms with Crippen molar-refractivity contribution in [3.05, 3.63) is 40.9 Å². The van der Waals surface area contributed by atoms with E-state index in [2.05, 4.69) is 45.0 Å². The second kappa shape index (κ2) is 6.55. The van der Waals surface area contributed by atoms with Crippen LogP contribution in [-0.2, 0) is 0 Å². The van der Waals surface area contributed by atoms with Gasteiger partial charge in [0.05, 0.1) is 5.69 Å². The summed E-state index contributed by atoms with van der Waals surface area (Å²) in [5.41, 5.74) is 2.45. The Bertz CT molecular complexity index is 443. The Labute approximate surface area is 109 Å². The zero-order valence-electron chi connectivity index (χ0n) is 11.3. The molecule has 1 nitrogen and oxygen atoms in total. The summed E-state index contributed by atoms with van der Waals surface area (Å²) < 4.78 is 0. The third-order valence-electron chi connectivity index (χ3n) is 2.40. The first-order valence-electron chi connectivity index (χ1n) is 6.21. The molecule has 1 aromatic carbocycles. The molecule has 0 spiro atoms. The second-order valence-electron chi connectivity index (χ2n) is 3.98. The highest BCUT2D eigenvalue weighted by atomic mass is 32.1. The lowest BCUT2D eigenvalue weighted by molar-refractivity contribution is 0.826. The Morgan fingerprint density at radius 1 is 1.06 bits per heavy atom. The van der Waals surface area contributed by atoms with Gasteiger partial charge in [-0.1, -0.05) is 58.0 Å². The monoisotopic (exact) mass is 247 g/mol. The Morgan fingerprint density at radius 2 is 1.65 bits per heavy atom. The van der Waals surface area contributed by atoms with Crippen LogP contribution in [0.3, 0.4) is 0 Å². The molecule has 0 aliphatic carbocycles. The zero-order chi connectivity index (χ0) is 12.8. The van der Waals surface area contributed by atoms with Gasteiger partial charge >= 0.3 is 0 Å². The van der Waals surface area contributed by atoms with Crippen molar-refractivity contribution in [1.29, 1.82) is 0 Å². The maximum atomic E-state index is 4.70. The van der Waals surface area contributed by atoms with Crippen molar-refractivity contribution in [2.45, 2.75) is 40.5 Å². The van der Waals surface area contributed by atoms with Gasteiger partial charge in [0.15, 0.2) is 0 Å². The highest BCUT2D eigenvalue weighted by molar-refractivity contribution is 7.15. The summed E-state index contributed by atoms with van der Waals surface area (Å²) in [7, 11) is 0. The predicted molar refractivity (Wildman–Crippen MR) is 77.7 cm³/mol. The minimum absolute atomic E-state index is 0.513. The average Bonchev–Trinajstić information content (AvgIpc) is 2.75. The number of thiazole rings is 1. The fourth-order valence-electron chi connectivity index (χ4n) is 1.65. The van der Waals surface area contributed by atoms with Gasteiger partial charge in [-0.2, -0.15) is 0 Å². The molecule has 0 fully saturated rings. The van der Waals surface area contributed by atoms with Gasteiger partial charge in [0.25, 0.3) is 0 Å². The third-order valence-corrected chi connectivity index (χ3v) is 3.44. The van der Waals surface area contributed by atoms with Crippen LogP contribution in [0, 0.1) is 6.92 Å². The van der Waals surface area contributed by atoms with E-state index >= 15 is 0 Å².